The molecular formula is C20H26N5O4+. The van der Waals surface area contributed by atoms with Crippen molar-refractivity contribution in [1.82, 2.24) is 14.0 Å². The zero-order chi connectivity index (χ0) is 21.1. The Morgan fingerprint density at radius 3 is 2.31 bits per heavy atom. The van der Waals surface area contributed by atoms with Crippen LogP contribution in [-0.2, 0) is 18.4 Å². The van der Waals surface area contributed by atoms with E-state index in [-0.39, 0.29) is 30.4 Å². The molecule has 29 heavy (non-hydrogen) atoms. The number of carbonyl (C=O) groups is 2. The molecule has 0 spiro atoms. The van der Waals surface area contributed by atoms with E-state index in [9.17, 15) is 19.2 Å². The highest BCUT2D eigenvalue weighted by Gasteiger charge is 2.28. The number of hydrogen-bond acceptors (Lipinski definition) is 5. The van der Waals surface area contributed by atoms with E-state index >= 15 is 0 Å². The van der Waals surface area contributed by atoms with E-state index in [1.54, 1.807) is 4.90 Å². The van der Waals surface area contributed by atoms with Crippen LogP contribution in [0.4, 0.5) is 5.82 Å². The van der Waals surface area contributed by atoms with Gasteiger partial charge in [-0.1, -0.05) is 30.3 Å². The van der Waals surface area contributed by atoms with E-state index in [2.05, 4.69) is 0 Å². The first-order valence-electron chi connectivity index (χ1n) is 9.55. The van der Waals surface area contributed by atoms with E-state index in [0.29, 0.717) is 26.2 Å². The molecule has 1 aromatic carbocycles. The molecule has 9 nitrogen and oxygen atoms in total. The number of quaternary nitrogens is 1. The molecule has 0 aliphatic carbocycles. The Kier molecular flexibility index (Phi) is 5.97. The number of ketones is 1. The molecule has 1 aliphatic heterocycles. The van der Waals surface area contributed by atoms with Crippen LogP contribution in [0.3, 0.4) is 0 Å². The minimum Gasteiger partial charge on any atom is -0.384 e. The van der Waals surface area contributed by atoms with Crippen molar-refractivity contribution in [2.75, 3.05) is 38.5 Å². The first-order chi connectivity index (χ1) is 13.8. The Hall–Kier alpha value is -3.20. The van der Waals surface area contributed by atoms with Crippen LogP contribution in [0.2, 0.25) is 0 Å². The standard InChI is InChI=1S/C20H25N5O4/c1-14(26)24-10-8-23(9-11-24)13-16(27)17-18(21)25(20(29)22(2)19(17)28)12-15-6-4-3-5-7-15/h3-7H,8-13,21H2,1-2H3/p+1. The SMILES string of the molecule is CC(=O)N1CC[NH+](CC(=O)c2c(N)n(Cc3ccccc3)c(=O)n(C)c2=O)CC1. The van der Waals surface area contributed by atoms with Crippen LogP contribution in [0.1, 0.15) is 22.8 Å². The third kappa shape index (κ3) is 4.29. The smallest absolute Gasteiger partial charge is 0.332 e. The van der Waals surface area contributed by atoms with Crippen LogP contribution in [0.15, 0.2) is 39.9 Å². The molecule has 3 rings (SSSR count). The number of amides is 1. The number of carbonyl (C=O) groups excluding carboxylic acids is 2. The molecule has 1 aliphatic rings. The molecule has 9 heteroatoms. The van der Waals surface area contributed by atoms with Gasteiger partial charge in [0.25, 0.3) is 5.56 Å². The maximum absolute atomic E-state index is 12.9. The summed E-state index contributed by atoms with van der Waals surface area (Å²) in [6.45, 7) is 4.16. The minimum atomic E-state index is -0.677. The van der Waals surface area contributed by atoms with Crippen molar-refractivity contribution in [3.63, 3.8) is 0 Å². The third-order valence-corrected chi connectivity index (χ3v) is 5.37. The highest BCUT2D eigenvalue weighted by Crippen LogP contribution is 2.09. The number of hydrogen-bond donors (Lipinski definition) is 2. The molecule has 0 saturated carbocycles. The Morgan fingerprint density at radius 2 is 1.72 bits per heavy atom. The van der Waals surface area contributed by atoms with Crippen LogP contribution in [0, 0.1) is 0 Å². The largest absolute Gasteiger partial charge is 0.384 e. The Morgan fingerprint density at radius 1 is 1.10 bits per heavy atom. The molecule has 1 amide bonds. The van der Waals surface area contributed by atoms with Gasteiger partial charge in [-0.3, -0.25) is 23.5 Å². The minimum absolute atomic E-state index is 0.0153. The second-order valence-corrected chi connectivity index (χ2v) is 7.33. The fourth-order valence-electron chi connectivity index (χ4n) is 3.59. The third-order valence-electron chi connectivity index (χ3n) is 5.37. The van der Waals surface area contributed by atoms with Crippen LogP contribution in [0.5, 0.6) is 0 Å². The normalized spacial score (nSPS) is 14.8. The Bertz CT molecular complexity index is 1030. The molecule has 154 valence electrons. The molecule has 0 bridgehead atoms. The second-order valence-electron chi connectivity index (χ2n) is 7.33. The monoisotopic (exact) mass is 400 g/mol. The quantitative estimate of drug-likeness (QED) is 0.570. The molecule has 1 fully saturated rings. The van der Waals surface area contributed by atoms with Crippen LogP contribution in [0.25, 0.3) is 0 Å². The molecule has 1 saturated heterocycles. The van der Waals surface area contributed by atoms with Crippen molar-refractivity contribution < 1.29 is 14.5 Å². The highest BCUT2D eigenvalue weighted by atomic mass is 16.2. The maximum Gasteiger partial charge on any atom is 0.332 e. The van der Waals surface area contributed by atoms with Crippen molar-refractivity contribution in [2.24, 2.45) is 7.05 Å². The summed E-state index contributed by atoms with van der Waals surface area (Å²) in [5, 5.41) is 0. The Labute approximate surface area is 167 Å². The summed E-state index contributed by atoms with van der Waals surface area (Å²) in [6, 6.07) is 9.23. The molecule has 2 aromatic rings. The van der Waals surface area contributed by atoms with Gasteiger partial charge in [-0.25, -0.2) is 4.79 Å². The van der Waals surface area contributed by atoms with Gasteiger partial charge in [-0.15, -0.1) is 0 Å². The topological polar surface area (TPSA) is 112 Å². The number of piperazine rings is 1. The summed E-state index contributed by atoms with van der Waals surface area (Å²) in [5.41, 5.74) is 5.59. The average molecular weight is 400 g/mol. The molecule has 0 atom stereocenters. The summed E-state index contributed by atoms with van der Waals surface area (Å²) in [7, 11) is 1.35. The average Bonchev–Trinajstić information content (AvgIpc) is 2.71. The molecule has 2 heterocycles. The zero-order valence-corrected chi connectivity index (χ0v) is 16.7. The van der Waals surface area contributed by atoms with Gasteiger partial charge in [0.2, 0.25) is 11.7 Å². The number of nitrogens with zero attached hydrogens (tertiary/aromatic N) is 3. The number of aromatic nitrogens is 2. The van der Waals surface area contributed by atoms with Crippen molar-refractivity contribution in [2.45, 2.75) is 13.5 Å². The molecule has 0 unspecified atom stereocenters. The van der Waals surface area contributed by atoms with Gasteiger partial charge in [0, 0.05) is 14.0 Å². The van der Waals surface area contributed by atoms with Crippen LogP contribution in [-0.4, -0.2) is 58.4 Å². The van der Waals surface area contributed by atoms with Crippen LogP contribution < -0.4 is 21.9 Å². The second kappa shape index (κ2) is 8.44. The van der Waals surface area contributed by atoms with Crippen molar-refractivity contribution >= 4 is 17.5 Å². The number of Topliss-reactive ketones (excluding diaryl/α,β-unsaturated/α-hetero) is 1. The van der Waals surface area contributed by atoms with Gasteiger partial charge < -0.3 is 15.5 Å². The lowest BCUT2D eigenvalue weighted by atomic mass is 10.1. The first kappa shape index (κ1) is 20.5. The van der Waals surface area contributed by atoms with Crippen molar-refractivity contribution in [3.05, 3.63) is 62.3 Å². The summed E-state index contributed by atoms with van der Waals surface area (Å²) in [5.74, 6) is -0.480. The molecular weight excluding hydrogens is 374 g/mol. The van der Waals surface area contributed by atoms with Crippen LogP contribution >= 0.6 is 0 Å². The van der Waals surface area contributed by atoms with E-state index in [1.807, 2.05) is 30.3 Å². The van der Waals surface area contributed by atoms with Gasteiger partial charge in [-0.05, 0) is 5.56 Å². The predicted octanol–water partition coefficient (Wildman–Crippen LogP) is -1.89. The van der Waals surface area contributed by atoms with Gasteiger partial charge >= 0.3 is 5.69 Å². The van der Waals surface area contributed by atoms with Gasteiger partial charge in [0.15, 0.2) is 0 Å². The van der Waals surface area contributed by atoms with Crippen molar-refractivity contribution in [1.29, 1.82) is 0 Å². The number of nitrogen functional groups attached to an aromatic ring is 1. The Balaban J connectivity index is 1.87. The van der Waals surface area contributed by atoms with E-state index < -0.39 is 17.0 Å². The summed E-state index contributed by atoms with van der Waals surface area (Å²) >= 11 is 0. The maximum atomic E-state index is 12.9. The van der Waals surface area contributed by atoms with E-state index in [1.165, 1.54) is 18.5 Å². The lowest BCUT2D eigenvalue weighted by Crippen LogP contribution is -3.15. The van der Waals surface area contributed by atoms with Gasteiger partial charge in [0.1, 0.15) is 17.9 Å². The van der Waals surface area contributed by atoms with Gasteiger partial charge in [0.05, 0.1) is 32.7 Å². The molecule has 0 radical (unpaired) electrons. The number of anilines is 1. The molecule has 3 N–H and O–H groups in total. The predicted molar refractivity (Wildman–Crippen MR) is 108 cm³/mol. The van der Waals surface area contributed by atoms with Crippen molar-refractivity contribution in [3.8, 4) is 0 Å². The van der Waals surface area contributed by atoms with E-state index in [0.717, 1.165) is 15.0 Å². The summed E-state index contributed by atoms with van der Waals surface area (Å²) < 4.78 is 2.18. The number of nitrogens with one attached hydrogen (secondary N) is 1. The summed E-state index contributed by atoms with van der Waals surface area (Å²) in [4.78, 5) is 52.3. The van der Waals surface area contributed by atoms with Gasteiger partial charge in [-0.2, -0.15) is 0 Å². The fourth-order valence-corrected chi connectivity index (χ4v) is 3.59. The lowest BCUT2D eigenvalue weighted by Gasteiger charge is -2.31. The number of nitrogens with two attached hydrogens (primary N) is 1. The zero-order valence-electron chi connectivity index (χ0n) is 16.7. The molecule has 1 aromatic heterocycles. The lowest BCUT2D eigenvalue weighted by molar-refractivity contribution is -0.895. The first-order valence-corrected chi connectivity index (χ1v) is 9.55. The number of rotatable bonds is 5. The summed E-state index contributed by atoms with van der Waals surface area (Å²) in [6.07, 6.45) is 0. The fraction of sp³-hybridized carbons (Fsp3) is 0.400. The van der Waals surface area contributed by atoms with E-state index in [4.69, 9.17) is 5.73 Å². The highest BCUT2D eigenvalue weighted by molar-refractivity contribution is 6.00. The number of benzene rings is 1.